The van der Waals surface area contributed by atoms with Crippen molar-refractivity contribution in [2.24, 2.45) is 0 Å². The van der Waals surface area contributed by atoms with Crippen molar-refractivity contribution in [3.8, 4) is 0 Å². The van der Waals surface area contributed by atoms with Gasteiger partial charge < -0.3 is 15.6 Å². The molecule has 0 spiro atoms. The summed E-state index contributed by atoms with van der Waals surface area (Å²) in [6, 6.07) is 0.716. The maximum atomic E-state index is 7.17. The first-order chi connectivity index (χ1) is 6.76. The van der Waals surface area contributed by atoms with Crippen LogP contribution >= 0.6 is 11.8 Å². The Labute approximate surface area is 90.4 Å². The molecule has 14 heavy (non-hydrogen) atoms. The van der Waals surface area contributed by atoms with E-state index >= 15 is 0 Å². The number of hydrogen-bond donors (Lipinski definition) is 2. The minimum Gasteiger partial charge on any atom is -0.317 e. The Morgan fingerprint density at radius 3 is 2.64 bits per heavy atom. The molecule has 0 aromatic rings. The maximum Gasteiger partial charge on any atom is 0.108 e. The molecule has 1 heterocycles. The van der Waals surface area contributed by atoms with E-state index in [2.05, 4.69) is 23.5 Å². The number of rotatable bonds is 4. The number of nitrogens with two attached hydrogens (primary N) is 1. The zero-order valence-electron chi connectivity index (χ0n) is 8.99. The van der Waals surface area contributed by atoms with E-state index in [1.807, 2.05) is 6.26 Å². The average Bonchev–Trinajstić information content (AvgIpc) is 2.22. The lowest BCUT2D eigenvalue weighted by Gasteiger charge is -2.26. The molecule has 0 saturated carbocycles. The van der Waals surface area contributed by atoms with Gasteiger partial charge in [0.25, 0.3) is 0 Å². The third kappa shape index (κ3) is 3.82. The van der Waals surface area contributed by atoms with Gasteiger partial charge in [-0.2, -0.15) is 0 Å². The Kier molecular flexibility index (Phi) is 5.22. The van der Waals surface area contributed by atoms with Gasteiger partial charge in [0.15, 0.2) is 0 Å². The number of allylic oxidation sites excluding steroid dienone is 1. The van der Waals surface area contributed by atoms with Crippen molar-refractivity contribution in [2.75, 3.05) is 26.4 Å². The van der Waals surface area contributed by atoms with Crippen LogP contribution in [0.2, 0.25) is 0 Å². The van der Waals surface area contributed by atoms with Gasteiger partial charge >= 0.3 is 0 Å². The third-order valence-corrected chi connectivity index (χ3v) is 3.40. The summed E-state index contributed by atoms with van der Waals surface area (Å²) in [5, 5.41) is 9.43. The standard InChI is InChI=1S/C10H19N3S/c1-13-5-3-9(4-6-13)12-8-10(7-11)14-2/h7-9,11-12H,3-6H2,1-2H3/p+1/b10-8+,11-7?. The summed E-state index contributed by atoms with van der Waals surface area (Å²) in [5.41, 5.74) is 0. The van der Waals surface area contributed by atoms with Crippen LogP contribution in [-0.2, 0) is 0 Å². The van der Waals surface area contributed by atoms with Crippen LogP contribution in [0.5, 0.6) is 0 Å². The van der Waals surface area contributed by atoms with E-state index in [1.165, 1.54) is 32.1 Å². The van der Waals surface area contributed by atoms with Crippen molar-refractivity contribution in [1.82, 2.24) is 4.90 Å². The maximum absolute atomic E-state index is 7.17. The minimum absolute atomic E-state index is 0.716. The molecule has 3 nitrogen and oxygen atoms in total. The first kappa shape index (κ1) is 11.8. The Bertz CT molecular complexity index is 207. The molecule has 4 heteroatoms. The van der Waals surface area contributed by atoms with Gasteiger partial charge in [-0.15, -0.1) is 11.8 Å². The Morgan fingerprint density at radius 1 is 1.50 bits per heavy atom. The predicted octanol–water partition coefficient (Wildman–Crippen LogP) is 0.498. The van der Waals surface area contributed by atoms with Crippen molar-refractivity contribution in [3.05, 3.63) is 11.1 Å². The molecule has 0 unspecified atom stereocenters. The summed E-state index contributed by atoms with van der Waals surface area (Å²) in [6.07, 6.45) is 8.04. The number of hydrogen-bond acceptors (Lipinski definition) is 3. The second-order valence-corrected chi connectivity index (χ2v) is 4.63. The van der Waals surface area contributed by atoms with Gasteiger partial charge in [0.05, 0.1) is 10.9 Å². The van der Waals surface area contributed by atoms with Gasteiger partial charge in [0.2, 0.25) is 0 Å². The fourth-order valence-corrected chi connectivity index (χ4v) is 1.96. The molecule has 1 aliphatic rings. The highest BCUT2D eigenvalue weighted by Crippen LogP contribution is 2.06. The van der Waals surface area contributed by atoms with Crippen molar-refractivity contribution in [1.29, 1.82) is 5.41 Å². The van der Waals surface area contributed by atoms with E-state index in [4.69, 9.17) is 5.41 Å². The number of piperidine rings is 1. The minimum atomic E-state index is 0.716. The SMILES string of the molecule is CS/C(C=N)=C/[NH2+]C1CCN(C)CC1. The van der Waals surface area contributed by atoms with Gasteiger partial charge in [-0.1, -0.05) is 0 Å². The molecule has 0 atom stereocenters. The Balaban J connectivity index is 2.30. The summed E-state index contributed by atoms with van der Waals surface area (Å²) in [5.74, 6) is 0. The van der Waals surface area contributed by atoms with Crippen molar-refractivity contribution < 1.29 is 5.32 Å². The summed E-state index contributed by atoms with van der Waals surface area (Å²) < 4.78 is 0. The second kappa shape index (κ2) is 6.22. The van der Waals surface area contributed by atoms with Crippen LogP contribution in [0.1, 0.15) is 12.8 Å². The van der Waals surface area contributed by atoms with Gasteiger partial charge in [-0.25, -0.2) is 0 Å². The third-order valence-electron chi connectivity index (χ3n) is 2.67. The van der Waals surface area contributed by atoms with Gasteiger partial charge in [0.1, 0.15) is 6.20 Å². The van der Waals surface area contributed by atoms with Crippen LogP contribution in [0, 0.1) is 5.41 Å². The molecular formula is C10H20N3S+. The lowest BCUT2D eigenvalue weighted by Crippen LogP contribution is -2.86. The molecule has 80 valence electrons. The molecule has 1 saturated heterocycles. The molecule has 1 rings (SSSR count). The van der Waals surface area contributed by atoms with Crippen LogP contribution in [0.25, 0.3) is 0 Å². The summed E-state index contributed by atoms with van der Waals surface area (Å²) in [7, 11) is 2.18. The van der Waals surface area contributed by atoms with Crippen LogP contribution in [0.15, 0.2) is 11.1 Å². The summed E-state index contributed by atoms with van der Waals surface area (Å²) in [6.45, 7) is 2.41. The highest BCUT2D eigenvalue weighted by molar-refractivity contribution is 8.03. The highest BCUT2D eigenvalue weighted by Gasteiger charge is 2.17. The fraction of sp³-hybridized carbons (Fsp3) is 0.700. The lowest BCUT2D eigenvalue weighted by atomic mass is 10.1. The molecular weight excluding hydrogens is 194 g/mol. The lowest BCUT2D eigenvalue weighted by molar-refractivity contribution is -0.629. The average molecular weight is 214 g/mol. The quantitative estimate of drug-likeness (QED) is 0.669. The first-order valence-corrected chi connectivity index (χ1v) is 6.27. The smallest absolute Gasteiger partial charge is 0.108 e. The predicted molar refractivity (Wildman–Crippen MR) is 62.8 cm³/mol. The molecule has 3 N–H and O–H groups in total. The van der Waals surface area contributed by atoms with Gasteiger partial charge in [0, 0.05) is 32.1 Å². The zero-order chi connectivity index (χ0) is 10.4. The number of likely N-dealkylation sites (tertiary alicyclic amines) is 1. The summed E-state index contributed by atoms with van der Waals surface area (Å²) >= 11 is 1.64. The van der Waals surface area contributed by atoms with E-state index < -0.39 is 0 Å². The second-order valence-electron chi connectivity index (χ2n) is 3.75. The monoisotopic (exact) mass is 214 g/mol. The zero-order valence-corrected chi connectivity index (χ0v) is 9.81. The van der Waals surface area contributed by atoms with Crippen LogP contribution in [0.3, 0.4) is 0 Å². The van der Waals surface area contributed by atoms with E-state index in [1.54, 1.807) is 11.8 Å². The van der Waals surface area contributed by atoms with Crippen LogP contribution in [0.4, 0.5) is 0 Å². The molecule has 0 aliphatic carbocycles. The van der Waals surface area contributed by atoms with Crippen LogP contribution in [-0.4, -0.2) is 43.5 Å². The largest absolute Gasteiger partial charge is 0.317 e. The Hall–Kier alpha value is -0.320. The number of nitrogens with zero attached hydrogens (tertiary/aromatic N) is 1. The van der Waals surface area contributed by atoms with Crippen molar-refractivity contribution >= 4 is 18.0 Å². The van der Waals surface area contributed by atoms with E-state index in [-0.39, 0.29) is 0 Å². The molecule has 0 amide bonds. The van der Waals surface area contributed by atoms with E-state index in [0.717, 1.165) is 4.91 Å². The molecule has 0 bridgehead atoms. The van der Waals surface area contributed by atoms with E-state index in [0.29, 0.717) is 6.04 Å². The van der Waals surface area contributed by atoms with E-state index in [9.17, 15) is 0 Å². The number of thioether (sulfide) groups is 1. The molecule has 1 fully saturated rings. The fourth-order valence-electron chi connectivity index (χ4n) is 1.63. The number of quaternary nitrogens is 1. The van der Waals surface area contributed by atoms with Crippen molar-refractivity contribution in [2.45, 2.75) is 18.9 Å². The number of nitrogens with one attached hydrogen (secondary N) is 1. The normalized spacial score (nSPS) is 21.1. The van der Waals surface area contributed by atoms with Crippen LogP contribution < -0.4 is 5.32 Å². The molecule has 0 aromatic heterocycles. The highest BCUT2D eigenvalue weighted by atomic mass is 32.2. The van der Waals surface area contributed by atoms with Gasteiger partial charge in [-0.05, 0) is 13.3 Å². The topological polar surface area (TPSA) is 43.7 Å². The molecule has 1 aliphatic heterocycles. The van der Waals surface area contributed by atoms with Crippen molar-refractivity contribution in [3.63, 3.8) is 0 Å². The van der Waals surface area contributed by atoms with Gasteiger partial charge in [-0.3, -0.25) is 0 Å². The Morgan fingerprint density at radius 2 is 2.14 bits per heavy atom. The molecule has 0 aromatic carbocycles. The first-order valence-electron chi connectivity index (χ1n) is 5.04. The molecule has 0 radical (unpaired) electrons. The summed E-state index contributed by atoms with van der Waals surface area (Å²) in [4.78, 5) is 3.42.